The molecule has 1 nitrogen and oxygen atoms in total. The molecule has 1 aromatic rings. The van der Waals surface area contributed by atoms with Gasteiger partial charge >= 0.3 is 0 Å². The summed E-state index contributed by atoms with van der Waals surface area (Å²) in [5, 5.41) is 3.04. The first-order valence-electron chi connectivity index (χ1n) is 6.52. The van der Waals surface area contributed by atoms with Crippen LogP contribution in [0.5, 0.6) is 0 Å². The number of rotatable bonds is 2. The molecular formula is C15H21F2N. The molecule has 18 heavy (non-hydrogen) atoms. The van der Waals surface area contributed by atoms with Gasteiger partial charge in [-0.1, -0.05) is 6.07 Å². The molecule has 0 bridgehead atoms. The molecule has 3 heteroatoms. The van der Waals surface area contributed by atoms with E-state index in [0.717, 1.165) is 22.3 Å². The van der Waals surface area contributed by atoms with Gasteiger partial charge in [0.15, 0.2) is 0 Å². The molecule has 100 valence electrons. The van der Waals surface area contributed by atoms with Gasteiger partial charge in [-0.3, -0.25) is 0 Å². The number of nitrogens with one attached hydrogen (secondary N) is 1. The Hall–Kier alpha value is -0.960. The van der Waals surface area contributed by atoms with Crippen molar-refractivity contribution < 1.29 is 8.78 Å². The molecule has 1 atom stereocenters. The van der Waals surface area contributed by atoms with E-state index in [0.29, 0.717) is 19.5 Å². The zero-order valence-electron chi connectivity index (χ0n) is 11.5. The molecule has 1 heterocycles. The Morgan fingerprint density at radius 3 is 2.11 bits per heavy atom. The maximum atomic E-state index is 14.7. The summed E-state index contributed by atoms with van der Waals surface area (Å²) >= 11 is 0. The van der Waals surface area contributed by atoms with Crippen LogP contribution < -0.4 is 5.32 Å². The van der Waals surface area contributed by atoms with E-state index < -0.39 is 11.8 Å². The lowest BCUT2D eigenvalue weighted by molar-refractivity contribution is -0.0587. The molecule has 1 aliphatic heterocycles. The Balaban J connectivity index is 2.55. The summed E-state index contributed by atoms with van der Waals surface area (Å²) in [4.78, 5) is 0. The third kappa shape index (κ3) is 2.05. The first-order valence-corrected chi connectivity index (χ1v) is 6.52. The lowest BCUT2D eigenvalue weighted by atomic mass is 9.84. The van der Waals surface area contributed by atoms with Gasteiger partial charge in [-0.2, -0.15) is 0 Å². The van der Waals surface area contributed by atoms with Gasteiger partial charge in [0.05, 0.1) is 0 Å². The molecule has 2 rings (SSSR count). The average Bonchev–Trinajstić information content (AvgIpc) is 2.80. The lowest BCUT2D eigenvalue weighted by Gasteiger charge is -2.28. The van der Waals surface area contributed by atoms with E-state index >= 15 is 0 Å². The van der Waals surface area contributed by atoms with E-state index in [1.807, 2.05) is 33.8 Å². The Kier molecular flexibility index (Phi) is 3.45. The van der Waals surface area contributed by atoms with Crippen molar-refractivity contribution in [1.29, 1.82) is 0 Å². The molecule has 0 aliphatic carbocycles. The minimum atomic E-state index is -2.73. The summed E-state index contributed by atoms with van der Waals surface area (Å²) < 4.78 is 29.4. The van der Waals surface area contributed by atoms with E-state index in [1.165, 1.54) is 0 Å². The van der Waals surface area contributed by atoms with Crippen molar-refractivity contribution in [1.82, 2.24) is 5.32 Å². The van der Waals surface area contributed by atoms with Gasteiger partial charge in [0, 0.05) is 18.0 Å². The van der Waals surface area contributed by atoms with Crippen LogP contribution in [0.1, 0.15) is 34.2 Å². The van der Waals surface area contributed by atoms with Gasteiger partial charge in [0.1, 0.15) is 0 Å². The summed E-state index contributed by atoms with van der Waals surface area (Å²) in [6.07, 6.45) is 0.554. The van der Waals surface area contributed by atoms with Crippen LogP contribution in [-0.4, -0.2) is 13.1 Å². The SMILES string of the molecule is Cc1cc(C)c(C)c(C(F)(F)C2CCNC2)c1C. The van der Waals surface area contributed by atoms with Crippen molar-refractivity contribution >= 4 is 0 Å². The highest BCUT2D eigenvalue weighted by atomic mass is 19.3. The highest BCUT2D eigenvalue weighted by Crippen LogP contribution is 2.43. The van der Waals surface area contributed by atoms with Gasteiger partial charge < -0.3 is 5.32 Å². The fourth-order valence-corrected chi connectivity index (χ4v) is 2.89. The monoisotopic (exact) mass is 253 g/mol. The van der Waals surface area contributed by atoms with E-state index in [4.69, 9.17) is 0 Å². The highest BCUT2D eigenvalue weighted by molar-refractivity contribution is 5.46. The third-order valence-electron chi connectivity index (χ3n) is 4.27. The Labute approximate surface area is 108 Å². The molecule has 1 N–H and O–H groups in total. The zero-order valence-corrected chi connectivity index (χ0v) is 11.5. The Morgan fingerprint density at radius 1 is 1.11 bits per heavy atom. The van der Waals surface area contributed by atoms with Crippen LogP contribution in [0.25, 0.3) is 0 Å². The molecule has 1 unspecified atom stereocenters. The van der Waals surface area contributed by atoms with Crippen LogP contribution in [0.4, 0.5) is 8.78 Å². The van der Waals surface area contributed by atoms with Crippen LogP contribution in [0.15, 0.2) is 6.07 Å². The fourth-order valence-electron chi connectivity index (χ4n) is 2.89. The standard InChI is InChI=1S/C15H21F2N/c1-9-7-10(2)12(4)14(11(9)3)15(16,17)13-5-6-18-8-13/h7,13,18H,5-6,8H2,1-4H3. The first kappa shape index (κ1) is 13.5. The molecule has 1 aromatic carbocycles. The number of hydrogen-bond acceptors (Lipinski definition) is 1. The Morgan fingerprint density at radius 2 is 1.67 bits per heavy atom. The van der Waals surface area contributed by atoms with Crippen molar-refractivity contribution in [2.24, 2.45) is 5.92 Å². The molecule has 1 saturated heterocycles. The van der Waals surface area contributed by atoms with E-state index in [-0.39, 0.29) is 5.56 Å². The summed E-state index contributed by atoms with van der Waals surface area (Å²) in [5.41, 5.74) is 3.66. The zero-order chi connectivity index (χ0) is 13.5. The molecule has 0 amide bonds. The van der Waals surface area contributed by atoms with Gasteiger partial charge in [0.2, 0.25) is 0 Å². The summed E-state index contributed by atoms with van der Waals surface area (Å²) in [6.45, 7) is 8.56. The first-order chi connectivity index (χ1) is 8.35. The Bertz CT molecular complexity index is 434. The van der Waals surface area contributed by atoms with Crippen molar-refractivity contribution in [3.8, 4) is 0 Å². The van der Waals surface area contributed by atoms with E-state index in [2.05, 4.69) is 5.32 Å². The molecule has 0 radical (unpaired) electrons. The highest BCUT2D eigenvalue weighted by Gasteiger charge is 2.44. The van der Waals surface area contributed by atoms with Gasteiger partial charge in [-0.05, 0) is 62.9 Å². The smallest absolute Gasteiger partial charge is 0.277 e. The normalized spacial score (nSPS) is 20.4. The molecule has 0 saturated carbocycles. The molecule has 0 aromatic heterocycles. The minimum absolute atomic E-state index is 0.258. The van der Waals surface area contributed by atoms with Crippen LogP contribution in [0, 0.1) is 33.6 Å². The van der Waals surface area contributed by atoms with Crippen molar-refractivity contribution in [2.45, 2.75) is 40.0 Å². The van der Waals surface area contributed by atoms with Crippen LogP contribution >= 0.6 is 0 Å². The maximum Gasteiger partial charge on any atom is 0.277 e. The molecule has 1 fully saturated rings. The second-order valence-corrected chi connectivity index (χ2v) is 5.45. The summed E-state index contributed by atoms with van der Waals surface area (Å²) in [5.74, 6) is -3.30. The van der Waals surface area contributed by atoms with E-state index in [9.17, 15) is 8.78 Å². The predicted molar refractivity (Wildman–Crippen MR) is 70.3 cm³/mol. The topological polar surface area (TPSA) is 12.0 Å². The summed E-state index contributed by atoms with van der Waals surface area (Å²) in [7, 11) is 0. The number of hydrogen-bond donors (Lipinski definition) is 1. The largest absolute Gasteiger partial charge is 0.316 e. The van der Waals surface area contributed by atoms with E-state index in [1.54, 1.807) is 0 Å². The van der Waals surface area contributed by atoms with Crippen molar-refractivity contribution in [3.05, 3.63) is 33.9 Å². The number of alkyl halides is 2. The molecule has 0 spiro atoms. The van der Waals surface area contributed by atoms with Crippen LogP contribution in [0.3, 0.4) is 0 Å². The second kappa shape index (κ2) is 4.61. The predicted octanol–water partition coefficient (Wildman–Crippen LogP) is 3.62. The fraction of sp³-hybridized carbons (Fsp3) is 0.600. The van der Waals surface area contributed by atoms with Crippen molar-refractivity contribution in [2.75, 3.05) is 13.1 Å². The molecule has 1 aliphatic rings. The van der Waals surface area contributed by atoms with Crippen LogP contribution in [-0.2, 0) is 5.92 Å². The van der Waals surface area contributed by atoms with Gasteiger partial charge in [-0.15, -0.1) is 0 Å². The second-order valence-electron chi connectivity index (χ2n) is 5.45. The number of benzene rings is 1. The maximum absolute atomic E-state index is 14.7. The number of halogens is 2. The molecular weight excluding hydrogens is 232 g/mol. The van der Waals surface area contributed by atoms with Crippen molar-refractivity contribution in [3.63, 3.8) is 0 Å². The quantitative estimate of drug-likeness (QED) is 0.848. The third-order valence-corrected chi connectivity index (χ3v) is 4.27. The minimum Gasteiger partial charge on any atom is -0.316 e. The van der Waals surface area contributed by atoms with Gasteiger partial charge in [-0.25, -0.2) is 8.78 Å². The van der Waals surface area contributed by atoms with Crippen LogP contribution in [0.2, 0.25) is 0 Å². The lowest BCUT2D eigenvalue weighted by Crippen LogP contribution is -2.30. The average molecular weight is 253 g/mol. The summed E-state index contributed by atoms with van der Waals surface area (Å²) in [6, 6.07) is 2.00. The number of aryl methyl sites for hydroxylation is 2. The van der Waals surface area contributed by atoms with Gasteiger partial charge in [0.25, 0.3) is 5.92 Å².